The van der Waals surface area contributed by atoms with Gasteiger partial charge in [-0.15, -0.1) is 5.10 Å². The molecule has 1 N–H and O–H groups in total. The highest BCUT2D eigenvalue weighted by molar-refractivity contribution is 5.97. The summed E-state index contributed by atoms with van der Waals surface area (Å²) >= 11 is 0. The van der Waals surface area contributed by atoms with E-state index in [1.165, 1.54) is 0 Å². The molecule has 0 bridgehead atoms. The predicted molar refractivity (Wildman–Crippen MR) is 98.8 cm³/mol. The lowest BCUT2D eigenvalue weighted by atomic mass is 10.1. The molecule has 3 rings (SSSR count). The second-order valence-corrected chi connectivity index (χ2v) is 6.05. The van der Waals surface area contributed by atoms with Gasteiger partial charge in [0.1, 0.15) is 5.52 Å². The maximum atomic E-state index is 12.7. The van der Waals surface area contributed by atoms with E-state index >= 15 is 0 Å². The lowest BCUT2D eigenvalue weighted by Gasteiger charge is -2.17. The van der Waals surface area contributed by atoms with Crippen molar-refractivity contribution in [2.45, 2.75) is 20.0 Å². The largest absolute Gasteiger partial charge is 0.355 e. The number of aryl methyl sites for hydroxylation is 1. The predicted octanol–water partition coefficient (Wildman–Crippen LogP) is 2.08. The van der Waals surface area contributed by atoms with Crippen LogP contribution in [0.25, 0.3) is 11.0 Å². The van der Waals surface area contributed by atoms with Crippen LogP contribution in [-0.2, 0) is 13.1 Å². The molecule has 7 nitrogen and oxygen atoms in total. The van der Waals surface area contributed by atoms with Gasteiger partial charge in [-0.2, -0.15) is 0 Å². The third kappa shape index (κ3) is 3.42. The van der Waals surface area contributed by atoms with E-state index < -0.39 is 0 Å². The van der Waals surface area contributed by atoms with Crippen molar-refractivity contribution in [3.05, 3.63) is 59.2 Å². The number of amides is 2. The molecule has 0 radical (unpaired) electrons. The number of nitrogens with one attached hydrogen (secondary N) is 1. The minimum atomic E-state index is -0.130. The van der Waals surface area contributed by atoms with E-state index in [2.05, 4.69) is 15.6 Å². The fraction of sp³-hybridized carbons (Fsp3) is 0.263. The van der Waals surface area contributed by atoms with Crippen LogP contribution in [0.4, 0.5) is 0 Å². The highest BCUT2D eigenvalue weighted by atomic mass is 16.2. The van der Waals surface area contributed by atoms with Crippen LogP contribution >= 0.6 is 0 Å². The summed E-state index contributed by atoms with van der Waals surface area (Å²) < 4.78 is 1.79. The molecule has 0 atom stereocenters. The highest BCUT2D eigenvalue weighted by Crippen LogP contribution is 2.16. The number of carbonyl (C=O) groups is 2. The fourth-order valence-corrected chi connectivity index (χ4v) is 2.81. The second-order valence-electron chi connectivity index (χ2n) is 6.05. The number of aromatic nitrogens is 3. The van der Waals surface area contributed by atoms with Crippen LogP contribution in [0.5, 0.6) is 0 Å². The molecule has 3 aromatic rings. The molecule has 1 heterocycles. The molecule has 7 heteroatoms. The molecule has 0 aliphatic carbocycles. The van der Waals surface area contributed by atoms with Gasteiger partial charge in [0.2, 0.25) is 0 Å². The van der Waals surface area contributed by atoms with E-state index in [9.17, 15) is 9.59 Å². The molecule has 2 aromatic carbocycles. The van der Waals surface area contributed by atoms with Crippen molar-refractivity contribution < 1.29 is 9.59 Å². The summed E-state index contributed by atoms with van der Waals surface area (Å²) in [5, 5.41) is 10.8. The third-order valence-electron chi connectivity index (χ3n) is 4.27. The van der Waals surface area contributed by atoms with E-state index in [-0.39, 0.29) is 11.8 Å². The van der Waals surface area contributed by atoms with E-state index in [1.807, 2.05) is 25.1 Å². The Morgan fingerprint density at radius 2 is 1.81 bits per heavy atom. The van der Waals surface area contributed by atoms with Gasteiger partial charge >= 0.3 is 0 Å². The molecular formula is C19H21N5O2. The number of carbonyl (C=O) groups excluding carboxylic acids is 2. The van der Waals surface area contributed by atoms with Crippen LogP contribution in [0, 0.1) is 0 Å². The Balaban J connectivity index is 1.74. The molecule has 0 saturated carbocycles. The number of hydrogen-bond donors (Lipinski definition) is 1. The fourth-order valence-electron chi connectivity index (χ4n) is 2.81. The first-order valence-corrected chi connectivity index (χ1v) is 8.43. The Morgan fingerprint density at radius 3 is 2.46 bits per heavy atom. The van der Waals surface area contributed by atoms with Gasteiger partial charge in [0.05, 0.1) is 5.52 Å². The zero-order chi connectivity index (χ0) is 18.7. The van der Waals surface area contributed by atoms with Gasteiger partial charge in [-0.05, 0) is 42.8 Å². The highest BCUT2D eigenvalue weighted by Gasteiger charge is 2.14. The van der Waals surface area contributed by atoms with Crippen molar-refractivity contribution in [2.75, 3.05) is 14.1 Å². The number of benzene rings is 2. The van der Waals surface area contributed by atoms with Gasteiger partial charge in [0.15, 0.2) is 0 Å². The summed E-state index contributed by atoms with van der Waals surface area (Å²) in [5.74, 6) is -0.220. The Morgan fingerprint density at radius 1 is 1.12 bits per heavy atom. The standard InChI is InChI=1S/C19H21N5O2/c1-4-24-17-10-9-15(11-16(17)21-22-24)19(26)23(3)12-13-5-7-14(8-6-13)18(25)20-2/h5-11H,4,12H2,1-3H3,(H,20,25). The van der Waals surface area contributed by atoms with E-state index in [1.54, 1.807) is 47.9 Å². The SMILES string of the molecule is CCn1nnc2cc(C(=O)N(C)Cc3ccc(C(=O)NC)cc3)ccc21. The maximum Gasteiger partial charge on any atom is 0.253 e. The van der Waals surface area contributed by atoms with Gasteiger partial charge in [0.25, 0.3) is 11.8 Å². The van der Waals surface area contributed by atoms with Crippen molar-refractivity contribution in [3.8, 4) is 0 Å². The molecule has 0 saturated heterocycles. The van der Waals surface area contributed by atoms with Crippen molar-refractivity contribution in [1.29, 1.82) is 0 Å². The van der Waals surface area contributed by atoms with Crippen LogP contribution in [0.2, 0.25) is 0 Å². The molecule has 134 valence electrons. The summed E-state index contributed by atoms with van der Waals surface area (Å²) in [5.41, 5.74) is 3.74. The maximum absolute atomic E-state index is 12.7. The number of fused-ring (bicyclic) bond motifs is 1. The minimum absolute atomic E-state index is 0.0895. The molecule has 0 aliphatic rings. The van der Waals surface area contributed by atoms with Crippen LogP contribution in [0.3, 0.4) is 0 Å². The van der Waals surface area contributed by atoms with Gasteiger partial charge in [-0.1, -0.05) is 17.3 Å². The average Bonchev–Trinajstić information content (AvgIpc) is 3.09. The van der Waals surface area contributed by atoms with Crippen molar-refractivity contribution in [3.63, 3.8) is 0 Å². The second kappa shape index (κ2) is 7.35. The Kier molecular flexibility index (Phi) is 4.97. The Bertz CT molecular complexity index is 946. The van der Waals surface area contributed by atoms with Crippen LogP contribution in [0.1, 0.15) is 33.2 Å². The Hall–Kier alpha value is -3.22. The molecule has 0 spiro atoms. The number of hydrogen-bond acceptors (Lipinski definition) is 4. The van der Waals surface area contributed by atoms with Crippen molar-refractivity contribution in [2.24, 2.45) is 0 Å². The third-order valence-corrected chi connectivity index (χ3v) is 4.27. The topological polar surface area (TPSA) is 80.1 Å². The lowest BCUT2D eigenvalue weighted by molar-refractivity contribution is 0.0784. The molecule has 0 unspecified atom stereocenters. The van der Waals surface area contributed by atoms with Gasteiger partial charge < -0.3 is 10.2 Å². The van der Waals surface area contributed by atoms with Crippen molar-refractivity contribution in [1.82, 2.24) is 25.2 Å². The van der Waals surface area contributed by atoms with E-state index in [0.717, 1.165) is 17.6 Å². The number of rotatable bonds is 5. The summed E-state index contributed by atoms with van der Waals surface area (Å²) in [6.07, 6.45) is 0. The summed E-state index contributed by atoms with van der Waals surface area (Å²) in [4.78, 5) is 25.9. The first kappa shape index (κ1) is 17.6. The van der Waals surface area contributed by atoms with Crippen LogP contribution < -0.4 is 5.32 Å². The zero-order valence-electron chi connectivity index (χ0n) is 15.1. The van der Waals surface area contributed by atoms with Gasteiger partial charge in [-0.25, -0.2) is 4.68 Å². The summed E-state index contributed by atoms with van der Waals surface area (Å²) in [7, 11) is 3.35. The summed E-state index contributed by atoms with van der Waals surface area (Å²) in [6, 6.07) is 12.6. The quantitative estimate of drug-likeness (QED) is 0.763. The van der Waals surface area contributed by atoms with Crippen molar-refractivity contribution >= 4 is 22.8 Å². The lowest BCUT2D eigenvalue weighted by Crippen LogP contribution is -2.26. The average molecular weight is 351 g/mol. The van der Waals surface area contributed by atoms with E-state index in [4.69, 9.17) is 0 Å². The first-order chi connectivity index (χ1) is 12.5. The smallest absolute Gasteiger partial charge is 0.253 e. The minimum Gasteiger partial charge on any atom is -0.355 e. The van der Waals surface area contributed by atoms with Gasteiger partial charge in [0, 0.05) is 38.3 Å². The molecule has 0 fully saturated rings. The van der Waals surface area contributed by atoms with Crippen LogP contribution in [-0.4, -0.2) is 45.8 Å². The molecule has 26 heavy (non-hydrogen) atoms. The molecule has 1 aromatic heterocycles. The number of nitrogens with zero attached hydrogens (tertiary/aromatic N) is 4. The molecular weight excluding hydrogens is 330 g/mol. The zero-order valence-corrected chi connectivity index (χ0v) is 15.1. The monoisotopic (exact) mass is 351 g/mol. The molecule has 0 aliphatic heterocycles. The van der Waals surface area contributed by atoms with E-state index in [0.29, 0.717) is 23.2 Å². The Labute approximate surface area is 151 Å². The first-order valence-electron chi connectivity index (χ1n) is 8.43. The molecule has 2 amide bonds. The van der Waals surface area contributed by atoms with Gasteiger partial charge in [-0.3, -0.25) is 9.59 Å². The summed E-state index contributed by atoms with van der Waals surface area (Å²) in [6.45, 7) is 3.18. The van der Waals surface area contributed by atoms with Crippen LogP contribution in [0.15, 0.2) is 42.5 Å². The normalized spacial score (nSPS) is 10.7.